The molecule has 2 heteroatoms. The zero-order chi connectivity index (χ0) is 12.8. The first-order valence-electron chi connectivity index (χ1n) is 6.44. The molecule has 0 aromatic heterocycles. The van der Waals surface area contributed by atoms with E-state index in [1.807, 2.05) is 13.0 Å². The molecule has 2 nitrogen and oxygen atoms in total. The Hall–Kier alpha value is -0.890. The van der Waals surface area contributed by atoms with Gasteiger partial charge in [-0.3, -0.25) is 4.79 Å². The molecule has 2 rings (SSSR count). The molecule has 0 unspecified atom stereocenters. The predicted octanol–water partition coefficient (Wildman–Crippen LogP) is 2.88. The average molecular weight is 234 g/mol. The number of fused-ring (bicyclic) bond motifs is 1. The van der Waals surface area contributed by atoms with Crippen LogP contribution in [0.3, 0.4) is 0 Å². The number of ketones is 1. The minimum Gasteiger partial charge on any atom is -0.393 e. The minimum absolute atomic E-state index is 0.0325. The van der Waals surface area contributed by atoms with Gasteiger partial charge in [0, 0.05) is 5.92 Å². The van der Waals surface area contributed by atoms with Crippen LogP contribution in [0.4, 0.5) is 0 Å². The van der Waals surface area contributed by atoms with Gasteiger partial charge in [0.15, 0.2) is 5.78 Å². The van der Waals surface area contributed by atoms with Gasteiger partial charge in [-0.05, 0) is 43.6 Å². The Balaban J connectivity index is 2.39. The van der Waals surface area contributed by atoms with Crippen LogP contribution in [0.15, 0.2) is 23.8 Å². The maximum atomic E-state index is 12.0. The lowest BCUT2D eigenvalue weighted by Crippen LogP contribution is -2.45. The van der Waals surface area contributed by atoms with Gasteiger partial charge < -0.3 is 5.11 Å². The second-order valence-corrected chi connectivity index (χ2v) is 5.99. The van der Waals surface area contributed by atoms with Crippen molar-refractivity contribution in [3.05, 3.63) is 23.8 Å². The van der Waals surface area contributed by atoms with Crippen molar-refractivity contribution in [3.63, 3.8) is 0 Å². The summed E-state index contributed by atoms with van der Waals surface area (Å²) in [4.78, 5) is 12.0. The summed E-state index contributed by atoms with van der Waals surface area (Å²) in [6.07, 6.45) is 4.04. The van der Waals surface area contributed by atoms with Gasteiger partial charge in [-0.1, -0.05) is 31.6 Å². The monoisotopic (exact) mass is 234 g/mol. The number of hydrogen-bond donors (Lipinski definition) is 1. The minimum atomic E-state index is -0.240. The van der Waals surface area contributed by atoms with Gasteiger partial charge in [-0.15, -0.1) is 0 Å². The van der Waals surface area contributed by atoms with Crippen molar-refractivity contribution in [2.24, 2.45) is 17.3 Å². The Kier molecular flexibility index (Phi) is 3.03. The summed E-state index contributed by atoms with van der Waals surface area (Å²) in [6.45, 7) is 10.1. The molecule has 0 radical (unpaired) electrons. The van der Waals surface area contributed by atoms with Crippen molar-refractivity contribution in [1.29, 1.82) is 0 Å². The SMILES string of the molecule is C=C(C)[C@@H]1C[C@@]2(C)C(=CC1=O)CC[C@@H](O)[C@@H]2C. The summed E-state index contributed by atoms with van der Waals surface area (Å²) in [6, 6.07) is 0. The molecular formula is C15H22O2. The zero-order valence-electron chi connectivity index (χ0n) is 11.0. The Morgan fingerprint density at radius 1 is 1.59 bits per heavy atom. The van der Waals surface area contributed by atoms with Gasteiger partial charge in [0.2, 0.25) is 0 Å². The number of aliphatic hydroxyl groups excluding tert-OH is 1. The molecule has 0 saturated heterocycles. The fourth-order valence-corrected chi connectivity index (χ4v) is 3.32. The standard InChI is InChI=1S/C15H22O2/c1-9(2)12-8-15(4)10(3)13(16)6-5-11(15)7-14(12)17/h7,10,12-13,16H,1,5-6,8H2,2-4H3/t10-,12-,13+,15+/m0/s1. The molecule has 2 aliphatic rings. The highest BCUT2D eigenvalue weighted by molar-refractivity contribution is 5.95. The highest BCUT2D eigenvalue weighted by Gasteiger charge is 2.47. The highest BCUT2D eigenvalue weighted by Crippen LogP contribution is 2.52. The lowest BCUT2D eigenvalue weighted by molar-refractivity contribution is -0.120. The molecule has 0 spiro atoms. The first kappa shape index (κ1) is 12.6. The molecule has 1 saturated carbocycles. The van der Waals surface area contributed by atoms with Crippen LogP contribution >= 0.6 is 0 Å². The van der Waals surface area contributed by atoms with E-state index < -0.39 is 0 Å². The van der Waals surface area contributed by atoms with Gasteiger partial charge in [-0.2, -0.15) is 0 Å². The molecule has 1 fully saturated rings. The van der Waals surface area contributed by atoms with Crippen molar-refractivity contribution in [1.82, 2.24) is 0 Å². The number of allylic oxidation sites excluding steroid dienone is 3. The largest absolute Gasteiger partial charge is 0.393 e. The summed E-state index contributed by atoms with van der Waals surface area (Å²) in [5.41, 5.74) is 2.14. The molecular weight excluding hydrogens is 212 g/mol. The molecule has 1 N–H and O–H groups in total. The molecule has 94 valence electrons. The Bertz CT molecular complexity index is 394. The van der Waals surface area contributed by atoms with Gasteiger partial charge in [0.1, 0.15) is 0 Å². The molecule has 0 bridgehead atoms. The Morgan fingerprint density at radius 3 is 2.82 bits per heavy atom. The fraction of sp³-hybridized carbons (Fsp3) is 0.667. The first-order chi connectivity index (χ1) is 7.86. The molecule has 0 aromatic rings. The average Bonchev–Trinajstić information content (AvgIpc) is 2.26. The van der Waals surface area contributed by atoms with Crippen LogP contribution in [0.1, 0.15) is 40.0 Å². The van der Waals surface area contributed by atoms with Crippen LogP contribution in [0, 0.1) is 17.3 Å². The molecule has 17 heavy (non-hydrogen) atoms. The quantitative estimate of drug-likeness (QED) is 0.708. The van der Waals surface area contributed by atoms with E-state index in [-0.39, 0.29) is 29.1 Å². The van der Waals surface area contributed by atoms with Crippen LogP contribution in [0.5, 0.6) is 0 Å². The predicted molar refractivity (Wildman–Crippen MR) is 68.5 cm³/mol. The van der Waals surface area contributed by atoms with Crippen molar-refractivity contribution in [2.45, 2.75) is 46.1 Å². The molecule has 4 atom stereocenters. The van der Waals surface area contributed by atoms with E-state index in [9.17, 15) is 9.90 Å². The van der Waals surface area contributed by atoms with Crippen LogP contribution < -0.4 is 0 Å². The molecule has 0 aromatic carbocycles. The Morgan fingerprint density at radius 2 is 2.24 bits per heavy atom. The van der Waals surface area contributed by atoms with E-state index in [2.05, 4.69) is 20.4 Å². The smallest absolute Gasteiger partial charge is 0.162 e. The number of carbonyl (C=O) groups is 1. The normalized spacial score (nSPS) is 41.8. The summed E-state index contributed by atoms with van der Waals surface area (Å²) < 4.78 is 0. The van der Waals surface area contributed by atoms with Crippen molar-refractivity contribution < 1.29 is 9.90 Å². The van der Waals surface area contributed by atoms with Crippen LogP contribution in [-0.4, -0.2) is 17.0 Å². The number of rotatable bonds is 1. The third-order valence-corrected chi connectivity index (χ3v) is 4.91. The second kappa shape index (κ2) is 4.09. The second-order valence-electron chi connectivity index (χ2n) is 5.99. The number of hydrogen-bond acceptors (Lipinski definition) is 2. The maximum absolute atomic E-state index is 12.0. The van der Waals surface area contributed by atoms with Crippen molar-refractivity contribution >= 4 is 5.78 Å². The van der Waals surface area contributed by atoms with Crippen LogP contribution in [-0.2, 0) is 4.79 Å². The summed E-state index contributed by atoms with van der Waals surface area (Å²) >= 11 is 0. The van der Waals surface area contributed by atoms with Gasteiger partial charge in [-0.25, -0.2) is 0 Å². The summed E-state index contributed by atoms with van der Waals surface area (Å²) in [5, 5.41) is 10.0. The highest BCUT2D eigenvalue weighted by atomic mass is 16.3. The summed E-state index contributed by atoms with van der Waals surface area (Å²) in [7, 11) is 0. The van der Waals surface area contributed by atoms with Crippen molar-refractivity contribution in [2.75, 3.05) is 0 Å². The molecule has 0 heterocycles. The van der Waals surface area contributed by atoms with Crippen LogP contribution in [0.25, 0.3) is 0 Å². The zero-order valence-corrected chi connectivity index (χ0v) is 11.0. The van der Waals surface area contributed by atoms with E-state index in [0.29, 0.717) is 0 Å². The van der Waals surface area contributed by atoms with E-state index in [4.69, 9.17) is 0 Å². The third-order valence-electron chi connectivity index (χ3n) is 4.91. The first-order valence-corrected chi connectivity index (χ1v) is 6.44. The van der Waals surface area contributed by atoms with Gasteiger partial charge >= 0.3 is 0 Å². The number of carbonyl (C=O) groups excluding carboxylic acids is 1. The van der Waals surface area contributed by atoms with Gasteiger partial charge in [0.05, 0.1) is 6.10 Å². The lowest BCUT2D eigenvalue weighted by Gasteiger charge is -2.48. The fourth-order valence-electron chi connectivity index (χ4n) is 3.32. The van der Waals surface area contributed by atoms with E-state index in [1.54, 1.807) is 0 Å². The van der Waals surface area contributed by atoms with Gasteiger partial charge in [0.25, 0.3) is 0 Å². The topological polar surface area (TPSA) is 37.3 Å². The lowest BCUT2D eigenvalue weighted by atomic mass is 9.57. The molecule has 2 aliphatic carbocycles. The maximum Gasteiger partial charge on any atom is 0.162 e. The number of aliphatic hydroxyl groups is 1. The molecule has 0 amide bonds. The third kappa shape index (κ3) is 1.89. The Labute approximate surface area is 103 Å². The van der Waals surface area contributed by atoms with E-state index in [1.165, 1.54) is 5.57 Å². The van der Waals surface area contributed by atoms with Crippen LogP contribution in [0.2, 0.25) is 0 Å². The van der Waals surface area contributed by atoms with E-state index >= 15 is 0 Å². The summed E-state index contributed by atoms with van der Waals surface area (Å²) in [5.74, 6) is 0.363. The van der Waals surface area contributed by atoms with Crippen molar-refractivity contribution in [3.8, 4) is 0 Å². The van der Waals surface area contributed by atoms with E-state index in [0.717, 1.165) is 24.8 Å². The molecule has 0 aliphatic heterocycles.